The molecule has 0 saturated heterocycles. The summed E-state index contributed by atoms with van der Waals surface area (Å²) in [7, 11) is 1.86. The minimum absolute atomic E-state index is 0.00216. The summed E-state index contributed by atoms with van der Waals surface area (Å²) in [6.07, 6.45) is 2.95. The van der Waals surface area contributed by atoms with Gasteiger partial charge < -0.3 is 19.5 Å². The average Bonchev–Trinajstić information content (AvgIpc) is 3.10. The van der Waals surface area contributed by atoms with E-state index in [1.807, 2.05) is 31.5 Å². The van der Waals surface area contributed by atoms with Gasteiger partial charge in [0, 0.05) is 12.6 Å². The summed E-state index contributed by atoms with van der Waals surface area (Å²) in [5, 5.41) is 13.0. The monoisotopic (exact) mass is 392 g/mol. The molecular formula is C18H26N5O3S+. The van der Waals surface area contributed by atoms with Crippen LogP contribution in [0.5, 0.6) is 0 Å². The Hall–Kier alpha value is -2.26. The lowest BCUT2D eigenvalue weighted by molar-refractivity contribution is -0.863. The van der Waals surface area contributed by atoms with Crippen molar-refractivity contribution in [3.63, 3.8) is 0 Å². The minimum atomic E-state index is -0.0237. The molecule has 2 aromatic heterocycles. The molecule has 1 aliphatic rings. The normalized spacial score (nSPS) is 14.7. The van der Waals surface area contributed by atoms with E-state index < -0.39 is 0 Å². The lowest BCUT2D eigenvalue weighted by Gasteiger charge is -2.22. The standard InChI is InChI=1S/C18H25N5O3S/c1-3-8-23(11-16-20-21-18(26-16)14-5-4-9-27-14)17(25)12-22(2)10-15(24)19-13-6-7-13/h4-5,9,13H,3,6-8,10-12H2,1-2H3,(H,19,24)/p+1. The molecule has 2 aromatic rings. The van der Waals surface area contributed by atoms with Crippen LogP contribution in [0.4, 0.5) is 0 Å². The van der Waals surface area contributed by atoms with Crippen LogP contribution in [0.25, 0.3) is 10.8 Å². The van der Waals surface area contributed by atoms with Gasteiger partial charge in [-0.25, -0.2) is 0 Å². The minimum Gasteiger partial charge on any atom is -0.418 e. The fraction of sp³-hybridized carbons (Fsp3) is 0.556. The van der Waals surface area contributed by atoms with E-state index in [-0.39, 0.29) is 24.9 Å². The number of rotatable bonds is 10. The number of hydrogen-bond donors (Lipinski definition) is 2. The molecule has 1 fully saturated rings. The van der Waals surface area contributed by atoms with E-state index in [4.69, 9.17) is 4.42 Å². The van der Waals surface area contributed by atoms with Crippen LogP contribution in [-0.2, 0) is 16.1 Å². The maximum Gasteiger partial charge on any atom is 0.278 e. The Morgan fingerprint density at radius 1 is 1.37 bits per heavy atom. The SMILES string of the molecule is CCCN(Cc1nnc(-c2cccs2)o1)C(=O)C[NH+](C)CC(=O)NC1CC1. The largest absolute Gasteiger partial charge is 0.418 e. The van der Waals surface area contributed by atoms with E-state index in [0.29, 0.717) is 30.9 Å². The van der Waals surface area contributed by atoms with Crippen LogP contribution in [0.1, 0.15) is 32.1 Å². The number of carbonyl (C=O) groups excluding carboxylic acids is 2. The first-order valence-corrected chi connectivity index (χ1v) is 10.2. The summed E-state index contributed by atoms with van der Waals surface area (Å²) in [4.78, 5) is 28.1. The van der Waals surface area contributed by atoms with Crippen molar-refractivity contribution in [2.75, 3.05) is 26.7 Å². The van der Waals surface area contributed by atoms with Crippen molar-refractivity contribution in [1.29, 1.82) is 0 Å². The Balaban J connectivity index is 1.53. The summed E-state index contributed by atoms with van der Waals surface area (Å²) in [6.45, 7) is 3.46. The van der Waals surface area contributed by atoms with Gasteiger partial charge in [-0.15, -0.1) is 21.5 Å². The number of quaternary nitrogens is 1. The molecule has 0 bridgehead atoms. The van der Waals surface area contributed by atoms with Gasteiger partial charge >= 0.3 is 0 Å². The van der Waals surface area contributed by atoms with Gasteiger partial charge in [0.05, 0.1) is 18.5 Å². The number of nitrogens with one attached hydrogen (secondary N) is 2. The van der Waals surface area contributed by atoms with Crippen molar-refractivity contribution >= 4 is 23.2 Å². The van der Waals surface area contributed by atoms with Crippen molar-refractivity contribution in [3.05, 3.63) is 23.4 Å². The molecule has 0 aromatic carbocycles. The second-order valence-corrected chi connectivity index (χ2v) is 7.89. The van der Waals surface area contributed by atoms with E-state index in [1.54, 1.807) is 4.90 Å². The first kappa shape index (κ1) is 19.5. The highest BCUT2D eigenvalue weighted by molar-refractivity contribution is 7.13. The van der Waals surface area contributed by atoms with Gasteiger partial charge in [-0.2, -0.15) is 0 Å². The van der Waals surface area contributed by atoms with Crippen LogP contribution in [-0.4, -0.2) is 59.6 Å². The zero-order valence-electron chi connectivity index (χ0n) is 15.7. The highest BCUT2D eigenvalue weighted by Crippen LogP contribution is 2.23. The number of nitrogens with zero attached hydrogens (tertiary/aromatic N) is 3. The fourth-order valence-corrected chi connectivity index (χ4v) is 3.40. The molecule has 0 aliphatic heterocycles. The Kier molecular flexibility index (Phi) is 6.57. The summed E-state index contributed by atoms with van der Waals surface area (Å²) >= 11 is 1.53. The lowest BCUT2D eigenvalue weighted by Crippen LogP contribution is -3.11. The van der Waals surface area contributed by atoms with Crippen LogP contribution < -0.4 is 10.2 Å². The third kappa shape index (κ3) is 5.86. The molecule has 2 amide bonds. The summed E-state index contributed by atoms with van der Waals surface area (Å²) in [5.41, 5.74) is 0. The number of carbonyl (C=O) groups is 2. The topological polar surface area (TPSA) is 92.8 Å². The van der Waals surface area contributed by atoms with Crippen molar-refractivity contribution in [2.24, 2.45) is 0 Å². The Morgan fingerprint density at radius 3 is 2.85 bits per heavy atom. The molecule has 2 heterocycles. The maximum atomic E-state index is 12.7. The number of amides is 2. The summed E-state index contributed by atoms with van der Waals surface area (Å²) < 4.78 is 5.70. The lowest BCUT2D eigenvalue weighted by atomic mass is 10.3. The van der Waals surface area contributed by atoms with Crippen molar-refractivity contribution < 1.29 is 18.9 Å². The first-order chi connectivity index (χ1) is 13.0. The van der Waals surface area contributed by atoms with Gasteiger partial charge in [-0.05, 0) is 30.7 Å². The van der Waals surface area contributed by atoms with Crippen LogP contribution in [0.2, 0.25) is 0 Å². The van der Waals surface area contributed by atoms with Gasteiger partial charge in [0.1, 0.15) is 0 Å². The predicted octanol–water partition coefficient (Wildman–Crippen LogP) is 0.330. The Bertz CT molecular complexity index is 757. The van der Waals surface area contributed by atoms with Gasteiger partial charge in [0.25, 0.3) is 17.7 Å². The molecule has 9 heteroatoms. The summed E-state index contributed by atoms with van der Waals surface area (Å²) in [6, 6.07) is 4.18. The zero-order valence-corrected chi connectivity index (χ0v) is 16.6. The van der Waals surface area contributed by atoms with Gasteiger partial charge in [-0.1, -0.05) is 13.0 Å². The molecule has 1 atom stereocenters. The van der Waals surface area contributed by atoms with Crippen LogP contribution in [0.3, 0.4) is 0 Å². The molecule has 0 spiro atoms. The highest BCUT2D eigenvalue weighted by Gasteiger charge is 2.26. The van der Waals surface area contributed by atoms with Gasteiger partial charge in [-0.3, -0.25) is 9.59 Å². The van der Waals surface area contributed by atoms with E-state index in [0.717, 1.165) is 29.0 Å². The molecular weight excluding hydrogens is 366 g/mol. The molecule has 2 N–H and O–H groups in total. The van der Waals surface area contributed by atoms with Crippen molar-refractivity contribution in [1.82, 2.24) is 20.4 Å². The third-order valence-electron chi connectivity index (χ3n) is 4.23. The molecule has 146 valence electrons. The van der Waals surface area contributed by atoms with Crippen LogP contribution in [0, 0.1) is 0 Å². The third-order valence-corrected chi connectivity index (χ3v) is 5.09. The Morgan fingerprint density at radius 2 is 2.19 bits per heavy atom. The average molecular weight is 393 g/mol. The molecule has 1 aliphatic carbocycles. The number of likely N-dealkylation sites (N-methyl/N-ethyl adjacent to an activating group) is 1. The molecule has 0 radical (unpaired) electrons. The van der Waals surface area contributed by atoms with Crippen molar-refractivity contribution in [2.45, 2.75) is 38.8 Å². The molecule has 8 nitrogen and oxygen atoms in total. The molecule has 1 unspecified atom stereocenters. The van der Waals surface area contributed by atoms with Crippen LogP contribution in [0.15, 0.2) is 21.9 Å². The van der Waals surface area contributed by atoms with Gasteiger partial charge in [0.2, 0.25) is 5.89 Å². The number of aromatic nitrogens is 2. The second kappa shape index (κ2) is 9.09. The van der Waals surface area contributed by atoms with Crippen molar-refractivity contribution in [3.8, 4) is 10.8 Å². The second-order valence-electron chi connectivity index (χ2n) is 6.95. The first-order valence-electron chi connectivity index (χ1n) is 9.29. The van der Waals surface area contributed by atoms with Gasteiger partial charge in [0.15, 0.2) is 13.1 Å². The Labute approximate surface area is 162 Å². The number of hydrogen-bond acceptors (Lipinski definition) is 6. The van der Waals surface area contributed by atoms with E-state index in [1.165, 1.54) is 11.3 Å². The zero-order chi connectivity index (χ0) is 19.2. The summed E-state index contributed by atoms with van der Waals surface area (Å²) in [5.74, 6) is 0.875. The van der Waals surface area contributed by atoms with E-state index in [2.05, 4.69) is 15.5 Å². The molecule has 27 heavy (non-hydrogen) atoms. The molecule has 3 rings (SSSR count). The quantitative estimate of drug-likeness (QED) is 0.608. The van der Waals surface area contributed by atoms with E-state index >= 15 is 0 Å². The van der Waals surface area contributed by atoms with E-state index in [9.17, 15) is 9.59 Å². The van der Waals surface area contributed by atoms with Crippen LogP contribution >= 0.6 is 11.3 Å². The number of thiophene rings is 1. The fourth-order valence-electron chi connectivity index (χ4n) is 2.76. The highest BCUT2D eigenvalue weighted by atomic mass is 32.1. The predicted molar refractivity (Wildman–Crippen MR) is 101 cm³/mol. The smallest absolute Gasteiger partial charge is 0.278 e. The maximum absolute atomic E-state index is 12.7. The molecule has 1 saturated carbocycles.